The van der Waals surface area contributed by atoms with Gasteiger partial charge in [-0.3, -0.25) is 14.8 Å². The summed E-state index contributed by atoms with van der Waals surface area (Å²) in [6.45, 7) is 7.72. The van der Waals surface area contributed by atoms with E-state index in [0.29, 0.717) is 17.1 Å². The molecule has 2 N–H and O–H groups in total. The smallest absolute Gasteiger partial charge is 0.325 e. The van der Waals surface area contributed by atoms with Gasteiger partial charge in [0.25, 0.3) is 5.56 Å². The summed E-state index contributed by atoms with van der Waals surface area (Å²) >= 11 is 0. The quantitative estimate of drug-likeness (QED) is 0.740. The Bertz CT molecular complexity index is 1020. The zero-order valence-electron chi connectivity index (χ0n) is 16.0. The normalized spacial score (nSPS) is 11.4. The maximum Gasteiger partial charge on any atom is 0.325 e. The number of hydrogen-bond donors (Lipinski definition) is 2. The van der Waals surface area contributed by atoms with Crippen molar-refractivity contribution >= 4 is 17.5 Å². The summed E-state index contributed by atoms with van der Waals surface area (Å²) in [5.74, 6) is 0.939. The average Bonchev–Trinajstić information content (AvgIpc) is 3.15. The van der Waals surface area contributed by atoms with Crippen molar-refractivity contribution in [3.63, 3.8) is 0 Å². The number of urea groups is 1. The number of para-hydroxylation sites is 1. The molecule has 8 heteroatoms. The lowest BCUT2D eigenvalue weighted by molar-refractivity contribution is 0.261. The maximum absolute atomic E-state index is 12.8. The fourth-order valence-corrected chi connectivity index (χ4v) is 2.66. The molecule has 0 bridgehead atoms. The maximum atomic E-state index is 12.8. The molecule has 0 unspecified atom stereocenters. The summed E-state index contributed by atoms with van der Waals surface area (Å²) in [5.41, 5.74) is 1.02. The first-order valence-corrected chi connectivity index (χ1v) is 8.57. The highest BCUT2D eigenvalue weighted by Gasteiger charge is 2.22. The first-order chi connectivity index (χ1) is 12.7. The molecule has 2 aromatic heterocycles. The van der Waals surface area contributed by atoms with E-state index in [1.165, 1.54) is 4.68 Å². The molecule has 0 spiro atoms. The lowest BCUT2D eigenvalue weighted by Gasteiger charge is -2.12. The summed E-state index contributed by atoms with van der Waals surface area (Å²) in [6, 6.07) is 10.3. The molecule has 0 radical (unpaired) electrons. The van der Waals surface area contributed by atoms with Crippen molar-refractivity contribution in [2.45, 2.75) is 33.1 Å². The second kappa shape index (κ2) is 6.79. The molecule has 0 aliphatic heterocycles. The number of carbonyl (C=O) groups is 1. The van der Waals surface area contributed by atoms with Gasteiger partial charge in [-0.15, -0.1) is 0 Å². The summed E-state index contributed by atoms with van der Waals surface area (Å²) < 4.78 is 8.44. The number of carbonyl (C=O) groups excluding carboxylic acids is 1. The molecule has 0 aliphatic carbocycles. The molecule has 142 valence electrons. The molecule has 0 saturated carbocycles. The third kappa shape index (κ3) is 3.64. The number of benzene rings is 1. The minimum atomic E-state index is -0.560. The highest BCUT2D eigenvalue weighted by molar-refractivity contribution is 5.99. The van der Waals surface area contributed by atoms with Crippen LogP contribution in [0, 0.1) is 6.92 Å². The third-order valence-electron chi connectivity index (χ3n) is 4.28. The highest BCUT2D eigenvalue weighted by atomic mass is 16.5. The summed E-state index contributed by atoms with van der Waals surface area (Å²) in [6.07, 6.45) is 0. The van der Waals surface area contributed by atoms with E-state index in [9.17, 15) is 9.59 Å². The molecule has 0 fully saturated rings. The zero-order valence-corrected chi connectivity index (χ0v) is 16.0. The Hall–Kier alpha value is -3.29. The van der Waals surface area contributed by atoms with Crippen molar-refractivity contribution in [1.82, 2.24) is 14.5 Å². The van der Waals surface area contributed by atoms with Crippen molar-refractivity contribution in [1.29, 1.82) is 0 Å². The van der Waals surface area contributed by atoms with E-state index in [4.69, 9.17) is 4.52 Å². The van der Waals surface area contributed by atoms with Crippen molar-refractivity contribution < 1.29 is 9.32 Å². The van der Waals surface area contributed by atoms with Crippen LogP contribution in [0.1, 0.15) is 32.2 Å². The Morgan fingerprint density at radius 2 is 1.81 bits per heavy atom. The van der Waals surface area contributed by atoms with Gasteiger partial charge in [-0.2, -0.15) is 0 Å². The number of hydrogen-bond acceptors (Lipinski definition) is 4. The molecule has 0 aliphatic rings. The van der Waals surface area contributed by atoms with Gasteiger partial charge in [-0.05, 0) is 19.1 Å². The number of nitrogens with zero attached hydrogens (tertiary/aromatic N) is 3. The van der Waals surface area contributed by atoms with Gasteiger partial charge in [-0.25, -0.2) is 9.48 Å². The van der Waals surface area contributed by atoms with E-state index in [1.807, 2.05) is 51.1 Å². The molecular weight excluding hydrogens is 346 g/mol. The van der Waals surface area contributed by atoms with Gasteiger partial charge in [0, 0.05) is 18.5 Å². The SMILES string of the molecule is Cc1c(NC(=O)Nc2cc(C(C)(C)C)on2)c(=O)n(-c2ccccc2)n1C. The Labute approximate surface area is 156 Å². The van der Waals surface area contributed by atoms with Crippen LogP contribution in [-0.4, -0.2) is 20.6 Å². The van der Waals surface area contributed by atoms with Crippen molar-refractivity contribution in [3.05, 3.63) is 58.2 Å². The number of rotatable bonds is 3. The molecule has 2 amide bonds. The molecule has 3 rings (SSSR count). The van der Waals surface area contributed by atoms with Gasteiger partial charge in [0.2, 0.25) is 0 Å². The topological polar surface area (TPSA) is 94.1 Å². The minimum absolute atomic E-state index is 0.207. The predicted molar refractivity (Wildman–Crippen MR) is 104 cm³/mol. The van der Waals surface area contributed by atoms with Gasteiger partial charge in [0.05, 0.1) is 11.4 Å². The van der Waals surface area contributed by atoms with E-state index in [1.54, 1.807) is 24.7 Å². The van der Waals surface area contributed by atoms with Crippen LogP contribution in [0.5, 0.6) is 0 Å². The number of amides is 2. The van der Waals surface area contributed by atoms with Gasteiger partial charge >= 0.3 is 6.03 Å². The summed E-state index contributed by atoms with van der Waals surface area (Å²) in [4.78, 5) is 25.1. The van der Waals surface area contributed by atoms with Crippen LogP contribution >= 0.6 is 0 Å². The van der Waals surface area contributed by atoms with E-state index in [0.717, 1.165) is 0 Å². The molecule has 0 atom stereocenters. The Morgan fingerprint density at radius 1 is 1.15 bits per heavy atom. The van der Waals surface area contributed by atoms with E-state index < -0.39 is 6.03 Å². The van der Waals surface area contributed by atoms with Gasteiger partial charge in [0.1, 0.15) is 11.4 Å². The van der Waals surface area contributed by atoms with Crippen LogP contribution in [0.3, 0.4) is 0 Å². The molecule has 3 aromatic rings. The molecule has 0 saturated heterocycles. The largest absolute Gasteiger partial charge is 0.359 e. The fraction of sp³-hybridized carbons (Fsp3) is 0.316. The first-order valence-electron chi connectivity index (χ1n) is 8.57. The van der Waals surface area contributed by atoms with Crippen LogP contribution in [0.4, 0.5) is 16.3 Å². The monoisotopic (exact) mass is 369 g/mol. The van der Waals surface area contributed by atoms with Crippen molar-refractivity contribution in [2.24, 2.45) is 7.05 Å². The van der Waals surface area contributed by atoms with Gasteiger partial charge in [-0.1, -0.05) is 44.1 Å². The first kappa shape index (κ1) is 18.5. The second-order valence-electron chi connectivity index (χ2n) is 7.34. The summed E-state index contributed by atoms with van der Waals surface area (Å²) in [7, 11) is 1.76. The van der Waals surface area contributed by atoms with Crippen molar-refractivity contribution in [2.75, 3.05) is 10.6 Å². The van der Waals surface area contributed by atoms with Crippen LogP contribution < -0.4 is 16.2 Å². The Morgan fingerprint density at radius 3 is 2.41 bits per heavy atom. The summed E-state index contributed by atoms with van der Waals surface area (Å²) in [5, 5.41) is 9.06. The number of nitrogens with one attached hydrogen (secondary N) is 2. The average molecular weight is 369 g/mol. The third-order valence-corrected chi connectivity index (χ3v) is 4.28. The lowest BCUT2D eigenvalue weighted by Crippen LogP contribution is -2.25. The van der Waals surface area contributed by atoms with Gasteiger partial charge < -0.3 is 9.84 Å². The molecule has 2 heterocycles. The fourth-order valence-electron chi connectivity index (χ4n) is 2.66. The molecule has 27 heavy (non-hydrogen) atoms. The van der Waals surface area contributed by atoms with E-state index in [2.05, 4.69) is 15.8 Å². The van der Waals surface area contributed by atoms with Crippen LogP contribution in [0.15, 0.2) is 45.7 Å². The Balaban J connectivity index is 1.83. The highest BCUT2D eigenvalue weighted by Crippen LogP contribution is 2.24. The van der Waals surface area contributed by atoms with Crippen LogP contribution in [-0.2, 0) is 12.5 Å². The minimum Gasteiger partial charge on any atom is -0.359 e. The van der Waals surface area contributed by atoms with Gasteiger partial charge in [0.15, 0.2) is 5.82 Å². The second-order valence-corrected chi connectivity index (χ2v) is 7.34. The van der Waals surface area contributed by atoms with E-state index >= 15 is 0 Å². The number of aromatic nitrogens is 3. The zero-order chi connectivity index (χ0) is 19.8. The lowest BCUT2D eigenvalue weighted by atomic mass is 9.93. The van der Waals surface area contributed by atoms with Crippen LogP contribution in [0.25, 0.3) is 5.69 Å². The predicted octanol–water partition coefficient (Wildman–Crippen LogP) is 3.41. The standard InChI is InChI=1S/C19H23N5O3/c1-12-16(17(25)24(23(12)5)13-9-7-6-8-10-13)21-18(26)20-15-11-14(27-22-15)19(2,3)4/h6-11H,1-5H3,(H2,20,21,22,26). The molecule has 1 aromatic carbocycles. The van der Waals surface area contributed by atoms with Crippen molar-refractivity contribution in [3.8, 4) is 5.69 Å². The number of anilines is 2. The molecule has 8 nitrogen and oxygen atoms in total. The van der Waals surface area contributed by atoms with Crippen LogP contribution in [0.2, 0.25) is 0 Å². The Kier molecular flexibility index (Phi) is 4.65. The van der Waals surface area contributed by atoms with E-state index in [-0.39, 0.29) is 22.5 Å². The molecular formula is C19H23N5O3.